The zero-order valence-corrected chi connectivity index (χ0v) is 7.53. The Morgan fingerprint density at radius 3 is 2.83 bits per heavy atom. The van der Waals surface area contributed by atoms with Crippen molar-refractivity contribution in [2.75, 3.05) is 0 Å². The Bertz CT molecular complexity index is 239. The standard InChI is InChI=1S/C9H15NO2/c1-6-3-4-7-9(6,2)8(11)5-10(7)12/h5-8,11H,3-4H2,1-2H3/t6-,7+,8+,9+/m0/s1. The van der Waals surface area contributed by atoms with Gasteiger partial charge in [-0.15, -0.1) is 0 Å². The monoisotopic (exact) mass is 169 g/mol. The summed E-state index contributed by atoms with van der Waals surface area (Å²) in [7, 11) is 0. The number of rotatable bonds is 0. The van der Waals surface area contributed by atoms with Gasteiger partial charge in [0.15, 0.2) is 12.3 Å². The fourth-order valence-corrected chi connectivity index (χ4v) is 2.65. The van der Waals surface area contributed by atoms with Crippen LogP contribution in [0.3, 0.4) is 0 Å². The molecule has 0 saturated heterocycles. The lowest BCUT2D eigenvalue weighted by atomic mass is 9.75. The first-order valence-electron chi connectivity index (χ1n) is 4.55. The second kappa shape index (κ2) is 2.22. The molecule has 2 aliphatic rings. The fourth-order valence-electron chi connectivity index (χ4n) is 2.65. The number of fused-ring (bicyclic) bond motifs is 1. The lowest BCUT2D eigenvalue weighted by Gasteiger charge is -2.28. The van der Waals surface area contributed by atoms with E-state index in [1.807, 2.05) is 6.92 Å². The Balaban J connectivity index is 2.36. The van der Waals surface area contributed by atoms with Gasteiger partial charge in [-0.05, 0) is 19.3 Å². The smallest absolute Gasteiger partial charge is 0.180 e. The first-order valence-corrected chi connectivity index (χ1v) is 4.55. The molecule has 0 aromatic carbocycles. The molecule has 1 N–H and O–H groups in total. The van der Waals surface area contributed by atoms with Gasteiger partial charge in [0.2, 0.25) is 0 Å². The number of hydrogen-bond acceptors (Lipinski definition) is 2. The summed E-state index contributed by atoms with van der Waals surface area (Å²) in [6.07, 6.45) is 2.86. The van der Waals surface area contributed by atoms with Crippen molar-refractivity contribution in [2.45, 2.75) is 38.8 Å². The third kappa shape index (κ3) is 0.724. The van der Waals surface area contributed by atoms with Gasteiger partial charge in [-0.2, -0.15) is 0 Å². The summed E-state index contributed by atoms with van der Waals surface area (Å²) >= 11 is 0. The molecule has 0 amide bonds. The van der Waals surface area contributed by atoms with Gasteiger partial charge in [-0.3, -0.25) is 0 Å². The molecule has 1 aliphatic carbocycles. The Kier molecular flexibility index (Phi) is 1.49. The highest BCUT2D eigenvalue weighted by atomic mass is 16.5. The van der Waals surface area contributed by atoms with Crippen molar-refractivity contribution in [3.63, 3.8) is 0 Å². The molecule has 0 bridgehead atoms. The van der Waals surface area contributed by atoms with Crippen LogP contribution in [-0.4, -0.2) is 28.2 Å². The van der Waals surface area contributed by atoms with E-state index in [9.17, 15) is 10.3 Å². The third-order valence-corrected chi connectivity index (χ3v) is 3.89. The van der Waals surface area contributed by atoms with E-state index < -0.39 is 6.10 Å². The number of aliphatic hydroxyl groups excluding tert-OH is 1. The molecular weight excluding hydrogens is 154 g/mol. The van der Waals surface area contributed by atoms with Crippen LogP contribution in [0.25, 0.3) is 0 Å². The zero-order valence-electron chi connectivity index (χ0n) is 7.53. The van der Waals surface area contributed by atoms with Crippen LogP contribution in [0.15, 0.2) is 0 Å². The van der Waals surface area contributed by atoms with Crippen LogP contribution < -0.4 is 0 Å². The maximum atomic E-state index is 11.3. The zero-order chi connectivity index (χ0) is 8.93. The van der Waals surface area contributed by atoms with E-state index in [1.165, 1.54) is 6.21 Å². The van der Waals surface area contributed by atoms with Gasteiger partial charge in [-0.1, -0.05) is 6.92 Å². The summed E-state index contributed by atoms with van der Waals surface area (Å²) in [6.45, 7) is 4.14. The summed E-state index contributed by atoms with van der Waals surface area (Å²) in [4.78, 5) is 0. The van der Waals surface area contributed by atoms with Crippen LogP contribution >= 0.6 is 0 Å². The molecule has 0 aromatic heterocycles. The molecule has 0 unspecified atom stereocenters. The second-order valence-electron chi connectivity index (χ2n) is 4.31. The molecule has 68 valence electrons. The van der Waals surface area contributed by atoms with E-state index in [4.69, 9.17) is 0 Å². The summed E-state index contributed by atoms with van der Waals surface area (Å²) in [5.74, 6) is 0.452. The lowest BCUT2D eigenvalue weighted by molar-refractivity contribution is -0.500. The van der Waals surface area contributed by atoms with Gasteiger partial charge >= 0.3 is 0 Å². The van der Waals surface area contributed by atoms with Gasteiger partial charge in [-0.25, -0.2) is 4.74 Å². The van der Waals surface area contributed by atoms with Crippen LogP contribution in [0.5, 0.6) is 0 Å². The highest BCUT2D eigenvalue weighted by Crippen LogP contribution is 2.48. The topological polar surface area (TPSA) is 46.3 Å². The third-order valence-electron chi connectivity index (χ3n) is 3.89. The lowest BCUT2D eigenvalue weighted by Crippen LogP contribution is -2.39. The number of nitrogens with zero attached hydrogens (tertiary/aromatic N) is 1. The van der Waals surface area contributed by atoms with Crippen molar-refractivity contribution in [1.82, 2.24) is 0 Å². The molecular formula is C9H15NO2. The Labute approximate surface area is 72.3 Å². The van der Waals surface area contributed by atoms with E-state index in [0.29, 0.717) is 5.92 Å². The average Bonchev–Trinajstić information content (AvgIpc) is 2.39. The van der Waals surface area contributed by atoms with Crippen LogP contribution in [0.4, 0.5) is 0 Å². The number of hydroxylamine groups is 1. The van der Waals surface area contributed by atoms with E-state index in [0.717, 1.165) is 17.6 Å². The summed E-state index contributed by atoms with van der Waals surface area (Å²) in [5.41, 5.74) is -0.193. The molecule has 3 heteroatoms. The summed E-state index contributed by atoms with van der Waals surface area (Å²) in [6, 6.07) is 0.0162. The highest BCUT2D eigenvalue weighted by molar-refractivity contribution is 5.61. The molecule has 1 heterocycles. The molecule has 12 heavy (non-hydrogen) atoms. The minimum Gasteiger partial charge on any atom is -0.624 e. The highest BCUT2D eigenvalue weighted by Gasteiger charge is 2.58. The SMILES string of the molecule is C[C@H]1CC[C@H]2[N+]([O-])=C[C@@H](O)[C@]12C. The van der Waals surface area contributed by atoms with Crippen molar-refractivity contribution in [2.24, 2.45) is 11.3 Å². The van der Waals surface area contributed by atoms with E-state index in [-0.39, 0.29) is 11.5 Å². The van der Waals surface area contributed by atoms with Gasteiger partial charge in [0, 0.05) is 6.42 Å². The first-order chi connectivity index (χ1) is 5.56. The molecule has 4 atom stereocenters. The predicted octanol–water partition coefficient (Wildman–Crippen LogP) is 0.747. The van der Waals surface area contributed by atoms with Gasteiger partial charge in [0.1, 0.15) is 6.10 Å². The molecule has 0 radical (unpaired) electrons. The largest absolute Gasteiger partial charge is 0.624 e. The van der Waals surface area contributed by atoms with Crippen LogP contribution in [-0.2, 0) is 0 Å². The van der Waals surface area contributed by atoms with Crippen molar-refractivity contribution in [3.8, 4) is 0 Å². The number of hydrogen-bond donors (Lipinski definition) is 1. The molecule has 1 aliphatic heterocycles. The van der Waals surface area contributed by atoms with Crippen molar-refractivity contribution >= 4 is 6.21 Å². The minimum atomic E-state index is -0.544. The van der Waals surface area contributed by atoms with Crippen molar-refractivity contribution < 1.29 is 9.85 Å². The minimum absolute atomic E-state index is 0.0162. The van der Waals surface area contributed by atoms with Crippen molar-refractivity contribution in [3.05, 3.63) is 5.21 Å². The second-order valence-corrected chi connectivity index (χ2v) is 4.31. The van der Waals surface area contributed by atoms with Gasteiger partial charge < -0.3 is 10.3 Å². The maximum absolute atomic E-state index is 11.3. The van der Waals surface area contributed by atoms with Crippen molar-refractivity contribution in [1.29, 1.82) is 0 Å². The van der Waals surface area contributed by atoms with Gasteiger partial charge in [0.25, 0.3) is 0 Å². The van der Waals surface area contributed by atoms with Crippen LogP contribution in [0.1, 0.15) is 26.7 Å². The van der Waals surface area contributed by atoms with Crippen LogP contribution in [0, 0.1) is 16.5 Å². The van der Waals surface area contributed by atoms with E-state index in [2.05, 4.69) is 6.92 Å². The Hall–Kier alpha value is -0.570. The predicted molar refractivity (Wildman–Crippen MR) is 46.0 cm³/mol. The molecule has 0 aromatic rings. The Morgan fingerprint density at radius 1 is 1.58 bits per heavy atom. The summed E-state index contributed by atoms with van der Waals surface area (Å²) in [5, 5.41) is 21.0. The first kappa shape index (κ1) is 8.05. The summed E-state index contributed by atoms with van der Waals surface area (Å²) < 4.78 is 0.953. The molecule has 3 nitrogen and oxygen atoms in total. The molecule has 1 fully saturated rings. The fraction of sp³-hybridized carbons (Fsp3) is 0.889. The van der Waals surface area contributed by atoms with Gasteiger partial charge in [0.05, 0.1) is 5.41 Å². The Morgan fingerprint density at radius 2 is 2.25 bits per heavy atom. The maximum Gasteiger partial charge on any atom is 0.180 e. The quantitative estimate of drug-likeness (QED) is 0.429. The molecule has 2 rings (SSSR count). The average molecular weight is 169 g/mol. The molecule has 0 spiro atoms. The van der Waals surface area contributed by atoms with E-state index in [1.54, 1.807) is 0 Å². The number of aliphatic hydroxyl groups is 1. The normalized spacial score (nSPS) is 52.2. The molecule has 1 saturated carbocycles. The van der Waals surface area contributed by atoms with Crippen LogP contribution in [0.2, 0.25) is 0 Å². The van der Waals surface area contributed by atoms with E-state index >= 15 is 0 Å².